The Labute approximate surface area is 181 Å². The minimum absolute atomic E-state index is 0.0787. The Morgan fingerprint density at radius 2 is 1.97 bits per heavy atom. The number of hydrogen-bond acceptors (Lipinski definition) is 4. The van der Waals surface area contributed by atoms with Gasteiger partial charge in [0.05, 0.1) is 5.69 Å². The van der Waals surface area contributed by atoms with Crippen molar-refractivity contribution in [3.8, 4) is 11.3 Å². The lowest BCUT2D eigenvalue weighted by Crippen LogP contribution is -2.43. The SMILES string of the molecule is C=C(C)CSc1nnc2n(CC)c(=O)c3c(n12)-c1ccccc1CC31CCCCC1. The van der Waals surface area contributed by atoms with E-state index in [4.69, 9.17) is 0 Å². The largest absolute Gasteiger partial charge is 0.277 e. The second kappa shape index (κ2) is 7.41. The molecule has 2 aliphatic carbocycles. The van der Waals surface area contributed by atoms with E-state index in [-0.39, 0.29) is 11.0 Å². The van der Waals surface area contributed by atoms with E-state index >= 15 is 0 Å². The average molecular weight is 421 g/mol. The van der Waals surface area contributed by atoms with Crippen LogP contribution in [0.2, 0.25) is 0 Å². The highest BCUT2D eigenvalue weighted by Crippen LogP contribution is 2.49. The molecule has 2 heterocycles. The molecule has 5 rings (SSSR count). The summed E-state index contributed by atoms with van der Waals surface area (Å²) in [5, 5.41) is 9.82. The van der Waals surface area contributed by atoms with Crippen molar-refractivity contribution in [2.45, 2.75) is 69.5 Å². The molecule has 156 valence electrons. The molecule has 30 heavy (non-hydrogen) atoms. The number of fused-ring (bicyclic) bond motifs is 6. The highest BCUT2D eigenvalue weighted by molar-refractivity contribution is 7.99. The summed E-state index contributed by atoms with van der Waals surface area (Å²) in [5.41, 5.74) is 5.66. The van der Waals surface area contributed by atoms with Gasteiger partial charge in [0, 0.05) is 28.8 Å². The third kappa shape index (κ3) is 2.88. The van der Waals surface area contributed by atoms with E-state index < -0.39 is 0 Å². The molecule has 2 aliphatic rings. The second-order valence-corrected chi connectivity index (χ2v) is 9.75. The number of thioether (sulfide) groups is 1. The van der Waals surface area contributed by atoms with Crippen LogP contribution in [0.5, 0.6) is 0 Å². The van der Waals surface area contributed by atoms with Gasteiger partial charge >= 0.3 is 0 Å². The van der Waals surface area contributed by atoms with Gasteiger partial charge in [-0.05, 0) is 38.7 Å². The van der Waals surface area contributed by atoms with E-state index in [0.29, 0.717) is 12.3 Å². The molecule has 2 aromatic heterocycles. The van der Waals surface area contributed by atoms with Crippen molar-refractivity contribution in [1.29, 1.82) is 0 Å². The molecule has 1 spiro atoms. The quantitative estimate of drug-likeness (QED) is 0.440. The summed E-state index contributed by atoms with van der Waals surface area (Å²) in [6.45, 7) is 8.68. The fourth-order valence-corrected chi connectivity index (χ4v) is 6.16. The van der Waals surface area contributed by atoms with E-state index in [1.54, 1.807) is 11.8 Å². The number of hydrogen-bond donors (Lipinski definition) is 0. The zero-order chi connectivity index (χ0) is 20.9. The standard InChI is InChI=1S/C24H28N4OS/c1-4-27-21(29)19-20(28-22(27)25-26-23(28)30-15-16(2)3)18-11-7-6-10-17(18)14-24(19)12-8-5-9-13-24/h6-7,10-11H,2,4-5,8-9,12-15H2,1,3H3. The number of rotatable bonds is 4. The average Bonchev–Trinajstić information content (AvgIpc) is 3.16. The van der Waals surface area contributed by atoms with Crippen molar-refractivity contribution in [1.82, 2.24) is 19.2 Å². The van der Waals surface area contributed by atoms with E-state index in [1.165, 1.54) is 24.8 Å². The molecule has 0 amide bonds. The van der Waals surface area contributed by atoms with Crippen LogP contribution in [0, 0.1) is 0 Å². The first-order valence-electron chi connectivity index (χ1n) is 10.9. The molecule has 1 saturated carbocycles. The van der Waals surface area contributed by atoms with Crippen LogP contribution in [0.4, 0.5) is 0 Å². The van der Waals surface area contributed by atoms with Crippen molar-refractivity contribution in [3.63, 3.8) is 0 Å². The maximum absolute atomic E-state index is 13.9. The number of benzene rings is 1. The van der Waals surface area contributed by atoms with Gasteiger partial charge in [-0.3, -0.25) is 13.8 Å². The summed E-state index contributed by atoms with van der Waals surface area (Å²) in [6, 6.07) is 8.58. The molecule has 1 fully saturated rings. The van der Waals surface area contributed by atoms with E-state index in [2.05, 4.69) is 45.4 Å². The lowest BCUT2D eigenvalue weighted by atomic mass is 9.62. The van der Waals surface area contributed by atoms with Gasteiger partial charge in [0.15, 0.2) is 5.16 Å². The Balaban J connectivity index is 1.89. The molecule has 1 aromatic carbocycles. The van der Waals surface area contributed by atoms with Crippen LogP contribution in [-0.2, 0) is 18.4 Å². The van der Waals surface area contributed by atoms with Gasteiger partial charge in [-0.1, -0.05) is 67.4 Å². The molecule has 0 bridgehead atoms. The smallest absolute Gasteiger partial charge is 0.259 e. The molecule has 0 aliphatic heterocycles. The molecule has 0 unspecified atom stereocenters. The number of aromatic nitrogens is 4. The monoisotopic (exact) mass is 420 g/mol. The van der Waals surface area contributed by atoms with Crippen molar-refractivity contribution in [2.24, 2.45) is 0 Å². The van der Waals surface area contributed by atoms with Gasteiger partial charge in [-0.25, -0.2) is 0 Å². The van der Waals surface area contributed by atoms with Crippen LogP contribution >= 0.6 is 11.8 Å². The predicted octanol–water partition coefficient (Wildman–Crippen LogP) is 5.00. The molecule has 5 nitrogen and oxygen atoms in total. The van der Waals surface area contributed by atoms with Gasteiger partial charge in [0.1, 0.15) is 0 Å². The topological polar surface area (TPSA) is 52.2 Å². The Hall–Kier alpha value is -2.34. The summed E-state index contributed by atoms with van der Waals surface area (Å²) in [6.07, 6.45) is 6.74. The molecule has 0 atom stereocenters. The van der Waals surface area contributed by atoms with Gasteiger partial charge < -0.3 is 0 Å². The minimum Gasteiger partial charge on any atom is -0.277 e. The number of aryl methyl sites for hydroxylation is 1. The minimum atomic E-state index is -0.0787. The third-order valence-electron chi connectivity index (χ3n) is 6.68. The zero-order valence-corrected chi connectivity index (χ0v) is 18.6. The van der Waals surface area contributed by atoms with Crippen LogP contribution < -0.4 is 5.56 Å². The van der Waals surface area contributed by atoms with Crippen molar-refractivity contribution < 1.29 is 0 Å². The van der Waals surface area contributed by atoms with Crippen LogP contribution in [0.3, 0.4) is 0 Å². The maximum atomic E-state index is 13.9. The summed E-state index contributed by atoms with van der Waals surface area (Å²) in [7, 11) is 0. The number of nitrogens with zero attached hydrogens (tertiary/aromatic N) is 4. The van der Waals surface area contributed by atoms with Crippen LogP contribution in [-0.4, -0.2) is 24.9 Å². The molecular formula is C24H28N4OS. The highest BCUT2D eigenvalue weighted by atomic mass is 32.2. The first-order valence-corrected chi connectivity index (χ1v) is 11.9. The Morgan fingerprint density at radius 3 is 2.70 bits per heavy atom. The summed E-state index contributed by atoms with van der Waals surface area (Å²) >= 11 is 1.65. The van der Waals surface area contributed by atoms with Gasteiger partial charge in [0.25, 0.3) is 5.56 Å². The fourth-order valence-electron chi connectivity index (χ4n) is 5.38. The summed E-state index contributed by atoms with van der Waals surface area (Å²) in [4.78, 5) is 13.9. The lowest BCUT2D eigenvalue weighted by Gasteiger charge is -2.42. The van der Waals surface area contributed by atoms with Crippen LogP contribution in [0.15, 0.2) is 46.4 Å². The predicted molar refractivity (Wildman–Crippen MR) is 122 cm³/mol. The van der Waals surface area contributed by atoms with E-state index in [9.17, 15) is 4.79 Å². The fraction of sp³-hybridized carbons (Fsp3) is 0.458. The summed E-state index contributed by atoms with van der Waals surface area (Å²) in [5.74, 6) is 1.43. The molecular weight excluding hydrogens is 392 g/mol. The summed E-state index contributed by atoms with van der Waals surface area (Å²) < 4.78 is 3.98. The molecule has 6 heteroatoms. The Morgan fingerprint density at radius 1 is 1.20 bits per heavy atom. The lowest BCUT2D eigenvalue weighted by molar-refractivity contribution is 0.283. The molecule has 0 N–H and O–H groups in total. The van der Waals surface area contributed by atoms with E-state index in [0.717, 1.165) is 52.6 Å². The van der Waals surface area contributed by atoms with Crippen molar-refractivity contribution in [3.05, 3.63) is 57.9 Å². The highest BCUT2D eigenvalue weighted by Gasteiger charge is 2.44. The third-order valence-corrected chi connectivity index (χ3v) is 7.84. The normalized spacial score (nSPS) is 17.1. The second-order valence-electron chi connectivity index (χ2n) is 8.81. The van der Waals surface area contributed by atoms with Gasteiger partial charge in [-0.2, -0.15) is 0 Å². The van der Waals surface area contributed by atoms with Crippen molar-refractivity contribution in [2.75, 3.05) is 5.75 Å². The molecule has 3 aromatic rings. The first kappa shape index (κ1) is 19.6. The van der Waals surface area contributed by atoms with Crippen LogP contribution in [0.25, 0.3) is 17.0 Å². The van der Waals surface area contributed by atoms with Gasteiger partial charge in [0.2, 0.25) is 5.78 Å². The van der Waals surface area contributed by atoms with Gasteiger partial charge in [-0.15, -0.1) is 10.2 Å². The Kier molecular flexibility index (Phi) is 4.85. The molecule has 0 saturated heterocycles. The van der Waals surface area contributed by atoms with Crippen LogP contribution in [0.1, 0.15) is 57.1 Å². The first-order chi connectivity index (χ1) is 14.6. The Bertz CT molecular complexity index is 1200. The molecule has 0 radical (unpaired) electrons. The maximum Gasteiger partial charge on any atom is 0.259 e. The van der Waals surface area contributed by atoms with Crippen molar-refractivity contribution >= 4 is 17.5 Å². The zero-order valence-electron chi connectivity index (χ0n) is 17.8. The van der Waals surface area contributed by atoms with E-state index in [1.807, 2.05) is 18.4 Å².